The normalized spacial score (nSPS) is 11.6. The van der Waals surface area contributed by atoms with E-state index in [0.717, 1.165) is 11.1 Å². The van der Waals surface area contributed by atoms with Crippen LogP contribution in [0.1, 0.15) is 23.9 Å². The van der Waals surface area contributed by atoms with E-state index in [1.807, 2.05) is 24.3 Å². The first-order valence-electron chi connectivity index (χ1n) is 7.72. The smallest absolute Gasteiger partial charge is 0.223 e. The first kappa shape index (κ1) is 17.8. The molecule has 0 aliphatic heterocycles. The van der Waals surface area contributed by atoms with Gasteiger partial charge in [-0.1, -0.05) is 40.1 Å². The standard InChI is InChI=1S/C18H16ClN3O4/c1-10(14-6-7-15(23)17(24)16(14)19)21-25-9-12-4-3-5-13(8-12)18-20-11(2)26-22-18/h3-8,23-24H,9H2,1-2H3. The van der Waals surface area contributed by atoms with Gasteiger partial charge in [-0.05, 0) is 30.7 Å². The molecule has 3 rings (SSSR count). The summed E-state index contributed by atoms with van der Waals surface area (Å²) in [5.41, 5.74) is 2.63. The van der Waals surface area contributed by atoms with Crippen LogP contribution in [0.4, 0.5) is 0 Å². The minimum Gasteiger partial charge on any atom is -0.504 e. The summed E-state index contributed by atoms with van der Waals surface area (Å²) in [5, 5.41) is 27.0. The SMILES string of the molecule is CC(=NOCc1cccc(-c2noc(C)n2)c1)c1ccc(O)c(O)c1Cl. The number of hydrogen-bond donors (Lipinski definition) is 2. The number of aromatic hydroxyl groups is 2. The van der Waals surface area contributed by atoms with E-state index in [-0.39, 0.29) is 23.1 Å². The van der Waals surface area contributed by atoms with Crippen LogP contribution in [0.2, 0.25) is 5.02 Å². The molecule has 0 fully saturated rings. The first-order chi connectivity index (χ1) is 12.5. The van der Waals surface area contributed by atoms with E-state index in [0.29, 0.717) is 23.0 Å². The molecule has 134 valence electrons. The van der Waals surface area contributed by atoms with Crippen molar-refractivity contribution in [3.63, 3.8) is 0 Å². The highest BCUT2D eigenvalue weighted by molar-refractivity contribution is 6.35. The quantitative estimate of drug-likeness (QED) is 0.397. The molecule has 1 aromatic heterocycles. The molecule has 0 saturated heterocycles. The lowest BCUT2D eigenvalue weighted by atomic mass is 10.1. The molecule has 0 atom stereocenters. The van der Waals surface area contributed by atoms with Gasteiger partial charge in [0.05, 0.1) is 10.7 Å². The zero-order valence-electron chi connectivity index (χ0n) is 14.1. The van der Waals surface area contributed by atoms with Gasteiger partial charge in [-0.25, -0.2) is 0 Å². The van der Waals surface area contributed by atoms with Crippen LogP contribution in [0, 0.1) is 6.92 Å². The van der Waals surface area contributed by atoms with Gasteiger partial charge in [-0.2, -0.15) is 4.98 Å². The highest BCUT2D eigenvalue weighted by atomic mass is 35.5. The predicted molar refractivity (Wildman–Crippen MR) is 96.3 cm³/mol. The second-order valence-electron chi connectivity index (χ2n) is 5.58. The second-order valence-corrected chi connectivity index (χ2v) is 5.96. The highest BCUT2D eigenvalue weighted by Gasteiger charge is 2.12. The fourth-order valence-corrected chi connectivity index (χ4v) is 2.60. The molecule has 8 heteroatoms. The van der Waals surface area contributed by atoms with Crippen LogP contribution in [-0.2, 0) is 11.4 Å². The zero-order valence-corrected chi connectivity index (χ0v) is 14.9. The third kappa shape index (κ3) is 3.78. The van der Waals surface area contributed by atoms with Gasteiger partial charge in [-0.3, -0.25) is 0 Å². The number of phenolic OH excluding ortho intramolecular Hbond substituents is 2. The number of phenols is 2. The Labute approximate surface area is 154 Å². The van der Waals surface area contributed by atoms with Crippen LogP contribution in [0.15, 0.2) is 46.1 Å². The molecule has 0 aliphatic carbocycles. The van der Waals surface area contributed by atoms with Gasteiger partial charge in [0.1, 0.15) is 6.61 Å². The molecule has 0 aliphatic rings. The zero-order chi connectivity index (χ0) is 18.7. The van der Waals surface area contributed by atoms with E-state index in [9.17, 15) is 10.2 Å². The van der Waals surface area contributed by atoms with Crippen molar-refractivity contribution in [1.29, 1.82) is 0 Å². The van der Waals surface area contributed by atoms with Gasteiger partial charge in [0.25, 0.3) is 0 Å². The molecule has 0 amide bonds. The minimum atomic E-state index is -0.387. The summed E-state index contributed by atoms with van der Waals surface area (Å²) in [7, 11) is 0. The van der Waals surface area contributed by atoms with E-state index < -0.39 is 0 Å². The number of nitrogens with zero attached hydrogens (tertiary/aromatic N) is 3. The molecule has 3 aromatic rings. The molecule has 0 unspecified atom stereocenters. The van der Waals surface area contributed by atoms with Crippen molar-refractivity contribution in [2.24, 2.45) is 5.16 Å². The molecule has 0 radical (unpaired) electrons. The third-order valence-corrected chi connectivity index (χ3v) is 4.01. The Morgan fingerprint density at radius 2 is 2.08 bits per heavy atom. The summed E-state index contributed by atoms with van der Waals surface area (Å²) in [5.74, 6) is 0.328. The number of aromatic nitrogens is 2. The highest BCUT2D eigenvalue weighted by Crippen LogP contribution is 2.35. The van der Waals surface area contributed by atoms with Crippen molar-refractivity contribution >= 4 is 17.3 Å². The molecule has 0 saturated carbocycles. The van der Waals surface area contributed by atoms with E-state index in [1.54, 1.807) is 19.9 Å². The number of hydrogen-bond acceptors (Lipinski definition) is 7. The second kappa shape index (κ2) is 7.45. The van der Waals surface area contributed by atoms with Crippen molar-refractivity contribution in [3.05, 3.63) is 58.4 Å². The van der Waals surface area contributed by atoms with Gasteiger partial charge in [0.15, 0.2) is 11.5 Å². The molecule has 0 bridgehead atoms. The lowest BCUT2D eigenvalue weighted by molar-refractivity contribution is 0.130. The average Bonchev–Trinajstić information content (AvgIpc) is 3.06. The van der Waals surface area contributed by atoms with Crippen LogP contribution in [-0.4, -0.2) is 26.1 Å². The average molecular weight is 374 g/mol. The molecular formula is C18H16ClN3O4. The lowest BCUT2D eigenvalue weighted by Gasteiger charge is -2.07. The van der Waals surface area contributed by atoms with Gasteiger partial charge in [-0.15, -0.1) is 0 Å². The van der Waals surface area contributed by atoms with Gasteiger partial charge < -0.3 is 19.6 Å². The van der Waals surface area contributed by atoms with Crippen molar-refractivity contribution in [2.75, 3.05) is 0 Å². The maximum absolute atomic E-state index is 9.68. The fraction of sp³-hybridized carbons (Fsp3) is 0.167. The Morgan fingerprint density at radius 3 is 2.81 bits per heavy atom. The molecule has 2 aromatic carbocycles. The predicted octanol–water partition coefficient (Wildman–Crippen LogP) is 4.05. The van der Waals surface area contributed by atoms with Crippen molar-refractivity contribution in [2.45, 2.75) is 20.5 Å². The Morgan fingerprint density at radius 1 is 1.27 bits per heavy atom. The number of halogens is 1. The molecule has 7 nitrogen and oxygen atoms in total. The molecule has 1 heterocycles. The van der Waals surface area contributed by atoms with E-state index in [1.165, 1.54) is 6.07 Å². The summed E-state index contributed by atoms with van der Waals surface area (Å²) < 4.78 is 4.98. The lowest BCUT2D eigenvalue weighted by Crippen LogP contribution is -1.98. The van der Waals surface area contributed by atoms with Crippen LogP contribution >= 0.6 is 11.6 Å². The molecular weight excluding hydrogens is 358 g/mol. The fourth-order valence-electron chi connectivity index (χ4n) is 2.30. The van der Waals surface area contributed by atoms with Crippen molar-refractivity contribution in [1.82, 2.24) is 10.1 Å². The molecule has 26 heavy (non-hydrogen) atoms. The summed E-state index contributed by atoms with van der Waals surface area (Å²) in [6, 6.07) is 10.4. The monoisotopic (exact) mass is 373 g/mol. The Bertz CT molecular complexity index is 969. The van der Waals surface area contributed by atoms with E-state index >= 15 is 0 Å². The number of rotatable bonds is 5. The maximum atomic E-state index is 9.68. The molecule has 0 spiro atoms. The number of benzene rings is 2. The van der Waals surface area contributed by atoms with E-state index in [2.05, 4.69) is 15.3 Å². The summed E-state index contributed by atoms with van der Waals surface area (Å²) in [6.45, 7) is 3.65. The topological polar surface area (TPSA) is 101 Å². The Balaban J connectivity index is 1.71. The van der Waals surface area contributed by atoms with Crippen LogP contribution in [0.3, 0.4) is 0 Å². The van der Waals surface area contributed by atoms with Crippen LogP contribution in [0.25, 0.3) is 11.4 Å². The Kier molecular flexibility index (Phi) is 5.09. The summed E-state index contributed by atoms with van der Waals surface area (Å²) in [6.07, 6.45) is 0. The number of aryl methyl sites for hydroxylation is 1. The Hall–Kier alpha value is -3.06. The van der Waals surface area contributed by atoms with Gasteiger partial charge >= 0.3 is 0 Å². The third-order valence-electron chi connectivity index (χ3n) is 3.63. The summed E-state index contributed by atoms with van der Waals surface area (Å²) in [4.78, 5) is 9.57. The minimum absolute atomic E-state index is 0.0179. The largest absolute Gasteiger partial charge is 0.504 e. The van der Waals surface area contributed by atoms with E-state index in [4.69, 9.17) is 21.0 Å². The van der Waals surface area contributed by atoms with Crippen molar-refractivity contribution in [3.8, 4) is 22.9 Å². The molecule has 2 N–H and O–H groups in total. The summed E-state index contributed by atoms with van der Waals surface area (Å²) >= 11 is 6.01. The maximum Gasteiger partial charge on any atom is 0.223 e. The van der Waals surface area contributed by atoms with Crippen LogP contribution in [0.5, 0.6) is 11.5 Å². The number of oxime groups is 1. The first-order valence-corrected chi connectivity index (χ1v) is 8.10. The van der Waals surface area contributed by atoms with Crippen LogP contribution < -0.4 is 0 Å². The van der Waals surface area contributed by atoms with Crippen molar-refractivity contribution < 1.29 is 19.6 Å². The van der Waals surface area contributed by atoms with Gasteiger partial charge in [0, 0.05) is 18.1 Å². The van der Waals surface area contributed by atoms with Gasteiger partial charge in [0.2, 0.25) is 11.7 Å².